The number of nitrogens with one attached hydrogen (secondary N) is 1. The molecular weight excluding hydrogens is 282 g/mol. The molecule has 0 radical (unpaired) electrons. The third kappa shape index (κ3) is 2.09. The van der Waals surface area contributed by atoms with Crippen molar-refractivity contribution in [3.05, 3.63) is 35.9 Å². The number of carboxylic acid groups (broad SMARTS) is 1. The Bertz CT molecular complexity index is 478. The summed E-state index contributed by atoms with van der Waals surface area (Å²) in [7, 11) is 0. The fraction of sp³-hybridized carbons (Fsp3) is 0.308. The Balaban J connectivity index is 2.58. The normalized spacial score (nSPS) is 22.4. The molecule has 1 atom stereocenters. The second-order valence-corrected chi connectivity index (χ2v) is 4.74. The zero-order chi connectivity index (χ0) is 12.5. The monoisotopic (exact) mass is 295 g/mol. The average Bonchev–Trinajstić information content (AvgIpc) is 2.37. The van der Waals surface area contributed by atoms with Crippen LogP contribution in [-0.2, 0) is 4.79 Å². The van der Waals surface area contributed by atoms with Crippen LogP contribution in [0.15, 0.2) is 30.3 Å². The van der Waals surface area contributed by atoms with Crippen LogP contribution in [0.5, 0.6) is 0 Å². The molecule has 1 aliphatic rings. The van der Waals surface area contributed by atoms with E-state index in [2.05, 4.69) is 21.2 Å². The lowest BCUT2D eigenvalue weighted by Crippen LogP contribution is -2.40. The van der Waals surface area contributed by atoms with Crippen LogP contribution in [-0.4, -0.2) is 21.9 Å². The summed E-state index contributed by atoms with van der Waals surface area (Å²) in [6.07, 6.45) is 2.63. The highest BCUT2D eigenvalue weighted by Crippen LogP contribution is 2.36. The largest absolute Gasteiger partial charge is 0.478 e. The van der Waals surface area contributed by atoms with E-state index >= 15 is 0 Å². The summed E-state index contributed by atoms with van der Waals surface area (Å²) in [4.78, 5) is 11.3. The smallest absolute Gasteiger partial charge is 0.336 e. The zero-order valence-electron chi connectivity index (χ0n) is 9.53. The van der Waals surface area contributed by atoms with Gasteiger partial charge in [-0.05, 0) is 18.6 Å². The van der Waals surface area contributed by atoms with Crippen molar-refractivity contribution >= 4 is 33.2 Å². The van der Waals surface area contributed by atoms with E-state index in [1.807, 2.05) is 37.3 Å². The highest BCUT2D eigenvalue weighted by atomic mass is 79.9. The molecule has 3 nitrogen and oxygen atoms in total. The number of hydrogen-bond donors (Lipinski definition) is 2. The third-order valence-electron chi connectivity index (χ3n) is 3.12. The molecule has 0 aromatic heterocycles. The van der Waals surface area contributed by atoms with E-state index in [1.54, 1.807) is 0 Å². The van der Waals surface area contributed by atoms with Gasteiger partial charge in [0.2, 0.25) is 0 Å². The standard InChI is InChI=1S/C13H14BrNO2/c1-2-13(8-14)7-10(12(16)17)9-5-3-4-6-11(9)15-13/h3-7,15H,2,8H2,1H3,(H,16,17). The number of halogens is 1. The third-order valence-corrected chi connectivity index (χ3v) is 4.12. The van der Waals surface area contributed by atoms with Crippen molar-refractivity contribution in [2.75, 3.05) is 10.6 Å². The van der Waals surface area contributed by atoms with Crippen molar-refractivity contribution in [2.24, 2.45) is 0 Å². The minimum Gasteiger partial charge on any atom is -0.478 e. The minimum atomic E-state index is -0.877. The van der Waals surface area contributed by atoms with Crippen LogP contribution < -0.4 is 5.32 Å². The Morgan fingerprint density at radius 3 is 2.76 bits per heavy atom. The maximum atomic E-state index is 11.3. The Hall–Kier alpha value is -1.29. The van der Waals surface area contributed by atoms with Crippen LogP contribution >= 0.6 is 15.9 Å². The molecule has 0 spiro atoms. The van der Waals surface area contributed by atoms with Crippen LogP contribution in [0, 0.1) is 0 Å². The molecule has 2 N–H and O–H groups in total. The van der Waals surface area contributed by atoms with E-state index < -0.39 is 5.97 Å². The van der Waals surface area contributed by atoms with Gasteiger partial charge in [0.1, 0.15) is 0 Å². The number of aliphatic carboxylic acids is 1. The molecular formula is C13H14BrNO2. The molecule has 2 rings (SSSR count). The summed E-state index contributed by atoms with van der Waals surface area (Å²) >= 11 is 3.46. The fourth-order valence-electron chi connectivity index (χ4n) is 2.02. The van der Waals surface area contributed by atoms with Gasteiger partial charge in [-0.2, -0.15) is 0 Å². The lowest BCUT2D eigenvalue weighted by Gasteiger charge is -2.35. The number of rotatable bonds is 3. The Morgan fingerprint density at radius 1 is 1.47 bits per heavy atom. The van der Waals surface area contributed by atoms with Crippen LogP contribution in [0.1, 0.15) is 18.9 Å². The molecule has 0 aliphatic carbocycles. The van der Waals surface area contributed by atoms with Gasteiger partial charge < -0.3 is 10.4 Å². The first-order valence-corrected chi connectivity index (χ1v) is 6.64. The van der Waals surface area contributed by atoms with E-state index in [1.165, 1.54) is 0 Å². The van der Waals surface area contributed by atoms with E-state index in [-0.39, 0.29) is 5.54 Å². The van der Waals surface area contributed by atoms with Gasteiger partial charge in [-0.25, -0.2) is 4.79 Å². The van der Waals surface area contributed by atoms with Crippen LogP contribution in [0.2, 0.25) is 0 Å². The number of benzene rings is 1. The zero-order valence-corrected chi connectivity index (χ0v) is 11.1. The van der Waals surface area contributed by atoms with Gasteiger partial charge in [0.15, 0.2) is 0 Å². The molecule has 1 aliphatic heterocycles. The van der Waals surface area contributed by atoms with Crippen molar-refractivity contribution in [3.8, 4) is 0 Å². The highest BCUT2D eigenvalue weighted by Gasteiger charge is 2.32. The second kappa shape index (κ2) is 4.53. The summed E-state index contributed by atoms with van der Waals surface area (Å²) in [6.45, 7) is 2.04. The molecule has 0 fully saturated rings. The van der Waals surface area contributed by atoms with Crippen LogP contribution in [0.3, 0.4) is 0 Å². The summed E-state index contributed by atoms with van der Waals surface area (Å²) in [5, 5.41) is 13.4. The maximum Gasteiger partial charge on any atom is 0.336 e. The molecule has 0 bridgehead atoms. The van der Waals surface area contributed by atoms with Gasteiger partial charge in [-0.1, -0.05) is 41.1 Å². The van der Waals surface area contributed by atoms with Crippen molar-refractivity contribution < 1.29 is 9.90 Å². The molecule has 0 amide bonds. The lowest BCUT2D eigenvalue weighted by molar-refractivity contribution is -0.130. The minimum absolute atomic E-state index is 0.317. The Kier molecular flexibility index (Phi) is 3.24. The molecule has 17 heavy (non-hydrogen) atoms. The summed E-state index contributed by atoms with van der Waals surface area (Å²) in [5.41, 5.74) is 1.70. The van der Waals surface area contributed by atoms with Crippen molar-refractivity contribution in [3.63, 3.8) is 0 Å². The number of anilines is 1. The van der Waals surface area contributed by atoms with Gasteiger partial charge >= 0.3 is 5.97 Å². The van der Waals surface area contributed by atoms with Gasteiger partial charge in [0.05, 0.1) is 11.1 Å². The van der Waals surface area contributed by atoms with Crippen molar-refractivity contribution in [1.82, 2.24) is 0 Å². The molecule has 4 heteroatoms. The van der Waals surface area contributed by atoms with E-state index in [0.717, 1.165) is 17.7 Å². The Morgan fingerprint density at radius 2 is 2.18 bits per heavy atom. The number of fused-ring (bicyclic) bond motifs is 1. The van der Waals surface area contributed by atoms with Gasteiger partial charge in [0, 0.05) is 16.6 Å². The quantitative estimate of drug-likeness (QED) is 0.843. The average molecular weight is 296 g/mol. The van der Waals surface area contributed by atoms with Gasteiger partial charge in [-0.3, -0.25) is 0 Å². The van der Waals surface area contributed by atoms with Gasteiger partial charge in [0.25, 0.3) is 0 Å². The van der Waals surface area contributed by atoms with E-state index in [9.17, 15) is 9.90 Å². The first-order chi connectivity index (χ1) is 8.12. The first kappa shape index (κ1) is 12.2. The molecule has 0 saturated heterocycles. The molecule has 1 aromatic rings. The molecule has 1 heterocycles. The fourth-order valence-corrected chi connectivity index (χ4v) is 2.72. The molecule has 90 valence electrons. The predicted molar refractivity (Wildman–Crippen MR) is 72.5 cm³/mol. The van der Waals surface area contributed by atoms with Crippen molar-refractivity contribution in [2.45, 2.75) is 18.9 Å². The highest BCUT2D eigenvalue weighted by molar-refractivity contribution is 9.09. The van der Waals surface area contributed by atoms with E-state index in [4.69, 9.17) is 0 Å². The molecule has 1 unspecified atom stereocenters. The van der Waals surface area contributed by atoms with Gasteiger partial charge in [-0.15, -0.1) is 0 Å². The number of para-hydroxylation sites is 1. The second-order valence-electron chi connectivity index (χ2n) is 4.18. The molecule has 1 aromatic carbocycles. The molecule has 0 saturated carbocycles. The summed E-state index contributed by atoms with van der Waals surface area (Å²) in [6, 6.07) is 7.50. The van der Waals surface area contributed by atoms with E-state index in [0.29, 0.717) is 10.9 Å². The van der Waals surface area contributed by atoms with Crippen LogP contribution in [0.25, 0.3) is 5.57 Å². The van der Waals surface area contributed by atoms with Crippen molar-refractivity contribution in [1.29, 1.82) is 0 Å². The van der Waals surface area contributed by atoms with Crippen LogP contribution in [0.4, 0.5) is 5.69 Å². The SMILES string of the molecule is CCC1(CBr)C=C(C(=O)O)c2ccccc2N1. The number of carbonyl (C=O) groups is 1. The summed E-state index contributed by atoms with van der Waals surface area (Å²) in [5.74, 6) is -0.877. The maximum absolute atomic E-state index is 11.3. The first-order valence-electron chi connectivity index (χ1n) is 5.51. The number of hydrogen-bond acceptors (Lipinski definition) is 2. The Labute approximate surface area is 109 Å². The lowest BCUT2D eigenvalue weighted by atomic mass is 9.87. The number of carboxylic acids is 1. The predicted octanol–water partition coefficient (Wildman–Crippen LogP) is 3.12. The number of alkyl halides is 1. The summed E-state index contributed by atoms with van der Waals surface area (Å²) < 4.78 is 0. The topological polar surface area (TPSA) is 49.3 Å².